The van der Waals surface area contributed by atoms with Gasteiger partial charge in [-0.05, 0) is 13.0 Å². The monoisotopic (exact) mass is 421 g/mol. The summed E-state index contributed by atoms with van der Waals surface area (Å²) in [5, 5.41) is 0.772. The number of hydroxylamine groups is 1. The molecule has 0 aliphatic carbocycles. The van der Waals surface area contributed by atoms with Crippen LogP contribution in [0.1, 0.15) is 12.6 Å². The number of imidazole rings is 1. The van der Waals surface area contributed by atoms with Gasteiger partial charge in [-0.25, -0.2) is 9.78 Å². The van der Waals surface area contributed by atoms with Gasteiger partial charge in [0.15, 0.2) is 5.65 Å². The Morgan fingerprint density at radius 2 is 1.93 bits per heavy atom. The zero-order valence-electron chi connectivity index (χ0n) is 14.9. The largest absolute Gasteiger partial charge is 0.465 e. The maximum Gasteiger partial charge on any atom is 0.330 e. The van der Waals surface area contributed by atoms with E-state index in [0.717, 1.165) is 5.56 Å². The number of hydrogen-bond donors (Lipinski definition) is 1. The number of pyridine rings is 1. The Kier molecular flexibility index (Phi) is 6.51. The number of esters is 1. The van der Waals surface area contributed by atoms with E-state index in [2.05, 4.69) is 10.5 Å². The normalized spacial score (nSPS) is 10.8. The molecule has 0 aliphatic rings. The molecule has 0 aliphatic heterocycles. The van der Waals surface area contributed by atoms with Crippen molar-refractivity contribution in [3.05, 3.63) is 58.3 Å². The highest BCUT2D eigenvalue weighted by Crippen LogP contribution is 2.30. The van der Waals surface area contributed by atoms with Crippen LogP contribution in [0.3, 0.4) is 0 Å². The van der Waals surface area contributed by atoms with E-state index in [-0.39, 0.29) is 19.6 Å². The van der Waals surface area contributed by atoms with Gasteiger partial charge < -0.3 is 14.0 Å². The molecular weight excluding hydrogens is 405 g/mol. The molecule has 0 amide bonds. The molecule has 0 fully saturated rings. The minimum atomic E-state index is -0.598. The van der Waals surface area contributed by atoms with Gasteiger partial charge in [0.2, 0.25) is 0 Å². The van der Waals surface area contributed by atoms with E-state index in [1.54, 1.807) is 23.6 Å². The fraction of sp³-hybridized carbons (Fsp3) is 0.211. The lowest BCUT2D eigenvalue weighted by Gasteiger charge is -2.08. The molecule has 2 heterocycles. The maximum absolute atomic E-state index is 12.3. The van der Waals surface area contributed by atoms with Crippen molar-refractivity contribution in [2.45, 2.75) is 13.3 Å². The second kappa shape index (κ2) is 9.05. The number of ether oxygens (including phenoxy) is 1. The van der Waals surface area contributed by atoms with E-state index in [0.29, 0.717) is 27.1 Å². The summed E-state index contributed by atoms with van der Waals surface area (Å²) in [7, 11) is 0. The van der Waals surface area contributed by atoms with Gasteiger partial charge in [0.05, 0.1) is 34.5 Å². The summed E-state index contributed by atoms with van der Waals surface area (Å²) in [6.07, 6.45) is 1.52. The van der Waals surface area contributed by atoms with Gasteiger partial charge in [0.1, 0.15) is 6.54 Å². The summed E-state index contributed by atoms with van der Waals surface area (Å²) >= 11 is 12.4. The number of carbonyl (C=O) groups excluding carboxylic acids is 2. The molecule has 9 heteroatoms. The van der Waals surface area contributed by atoms with Crippen molar-refractivity contribution in [2.24, 2.45) is 0 Å². The standard InChI is InChI=1S/C19H17Cl2N3O4/c1-2-27-17(26)10-22-28-16(25)9-15-18(12-6-4-3-5-7-12)23-19-14(21)8-13(20)11-24(15)19/h3-8,11,22H,2,9-10H2,1H3. The van der Waals surface area contributed by atoms with Gasteiger partial charge in [-0.1, -0.05) is 53.5 Å². The zero-order chi connectivity index (χ0) is 20.1. The van der Waals surface area contributed by atoms with Crippen molar-refractivity contribution < 1.29 is 19.2 Å². The van der Waals surface area contributed by atoms with E-state index in [1.165, 1.54) is 0 Å². The van der Waals surface area contributed by atoms with Crippen LogP contribution in [0.5, 0.6) is 0 Å². The molecule has 2 aromatic heterocycles. The van der Waals surface area contributed by atoms with Crippen molar-refractivity contribution in [1.82, 2.24) is 14.9 Å². The molecule has 1 N–H and O–H groups in total. The third-order valence-corrected chi connectivity index (χ3v) is 4.29. The van der Waals surface area contributed by atoms with Crippen molar-refractivity contribution >= 4 is 40.8 Å². The van der Waals surface area contributed by atoms with E-state index in [9.17, 15) is 9.59 Å². The van der Waals surface area contributed by atoms with Gasteiger partial charge in [0, 0.05) is 11.8 Å². The molecule has 0 radical (unpaired) electrons. The number of nitrogens with zero attached hydrogens (tertiary/aromatic N) is 2. The molecule has 0 atom stereocenters. The number of carbonyl (C=O) groups is 2. The molecule has 28 heavy (non-hydrogen) atoms. The van der Waals surface area contributed by atoms with Gasteiger partial charge in [-0.2, -0.15) is 0 Å². The average molecular weight is 422 g/mol. The summed E-state index contributed by atoms with van der Waals surface area (Å²) in [5.74, 6) is -1.12. The number of nitrogens with one attached hydrogen (secondary N) is 1. The molecule has 0 saturated heterocycles. The molecule has 3 aromatic rings. The van der Waals surface area contributed by atoms with Crippen molar-refractivity contribution in [2.75, 3.05) is 13.2 Å². The van der Waals surface area contributed by atoms with Gasteiger partial charge in [-0.3, -0.25) is 4.79 Å². The molecular formula is C19H17Cl2N3O4. The first-order valence-corrected chi connectivity index (χ1v) is 9.24. The SMILES string of the molecule is CCOC(=O)CNOC(=O)Cc1c(-c2ccccc2)nc2c(Cl)cc(Cl)cn12. The molecule has 0 bridgehead atoms. The Balaban J connectivity index is 1.88. The smallest absolute Gasteiger partial charge is 0.330 e. The first kappa shape index (κ1) is 20.1. The lowest BCUT2D eigenvalue weighted by Crippen LogP contribution is -2.28. The van der Waals surface area contributed by atoms with Crippen molar-refractivity contribution in [3.8, 4) is 11.3 Å². The van der Waals surface area contributed by atoms with Crippen LogP contribution in [0.2, 0.25) is 10.0 Å². The Morgan fingerprint density at radius 1 is 1.18 bits per heavy atom. The Bertz CT molecular complexity index is 1010. The van der Waals surface area contributed by atoms with E-state index in [1.807, 2.05) is 30.3 Å². The van der Waals surface area contributed by atoms with Crippen LogP contribution < -0.4 is 5.48 Å². The van der Waals surface area contributed by atoms with Crippen LogP contribution in [0.25, 0.3) is 16.9 Å². The lowest BCUT2D eigenvalue weighted by atomic mass is 10.1. The minimum absolute atomic E-state index is 0.113. The van der Waals surface area contributed by atoms with Gasteiger partial charge in [0.25, 0.3) is 0 Å². The third-order valence-electron chi connectivity index (χ3n) is 3.81. The molecule has 0 unspecified atom stereocenters. The van der Waals surface area contributed by atoms with Gasteiger partial charge in [-0.15, -0.1) is 5.48 Å². The lowest BCUT2D eigenvalue weighted by molar-refractivity contribution is -0.154. The molecule has 1 aromatic carbocycles. The highest BCUT2D eigenvalue weighted by Gasteiger charge is 2.20. The number of rotatable bonds is 7. The summed E-state index contributed by atoms with van der Waals surface area (Å²) in [6.45, 7) is 1.70. The second-order valence-electron chi connectivity index (χ2n) is 5.75. The number of aromatic nitrogens is 2. The Morgan fingerprint density at radius 3 is 2.64 bits per heavy atom. The maximum atomic E-state index is 12.3. The van der Waals surface area contributed by atoms with Crippen LogP contribution in [0, 0.1) is 0 Å². The summed E-state index contributed by atoms with van der Waals surface area (Å²) < 4.78 is 6.42. The number of benzene rings is 1. The minimum Gasteiger partial charge on any atom is -0.465 e. The Labute approximate surface area is 171 Å². The van der Waals surface area contributed by atoms with Crippen LogP contribution in [0.4, 0.5) is 0 Å². The molecule has 146 valence electrons. The van der Waals surface area contributed by atoms with E-state index in [4.69, 9.17) is 32.8 Å². The van der Waals surface area contributed by atoms with Crippen LogP contribution in [-0.4, -0.2) is 34.5 Å². The number of fused-ring (bicyclic) bond motifs is 1. The van der Waals surface area contributed by atoms with E-state index >= 15 is 0 Å². The molecule has 7 nitrogen and oxygen atoms in total. The molecule has 0 spiro atoms. The highest BCUT2D eigenvalue weighted by molar-refractivity contribution is 6.36. The topological polar surface area (TPSA) is 81.9 Å². The van der Waals surface area contributed by atoms with E-state index < -0.39 is 11.9 Å². The van der Waals surface area contributed by atoms with Crippen molar-refractivity contribution in [3.63, 3.8) is 0 Å². The number of halogens is 2. The Hall–Kier alpha value is -2.61. The molecule has 0 saturated carbocycles. The van der Waals surface area contributed by atoms with Crippen LogP contribution in [-0.2, 0) is 25.6 Å². The fourth-order valence-electron chi connectivity index (χ4n) is 2.68. The van der Waals surface area contributed by atoms with Crippen molar-refractivity contribution in [1.29, 1.82) is 0 Å². The van der Waals surface area contributed by atoms with Crippen LogP contribution in [0.15, 0.2) is 42.6 Å². The quantitative estimate of drug-likeness (QED) is 0.464. The summed E-state index contributed by atoms with van der Waals surface area (Å²) in [4.78, 5) is 33.1. The zero-order valence-corrected chi connectivity index (χ0v) is 16.5. The summed E-state index contributed by atoms with van der Waals surface area (Å²) in [6, 6.07) is 11.0. The second-order valence-corrected chi connectivity index (χ2v) is 6.59. The number of hydrogen-bond acceptors (Lipinski definition) is 6. The van der Waals surface area contributed by atoms with Crippen LogP contribution >= 0.6 is 23.2 Å². The third kappa shape index (κ3) is 4.62. The predicted octanol–water partition coefficient (Wildman–Crippen LogP) is 3.46. The fourth-order valence-corrected chi connectivity index (χ4v) is 3.19. The predicted molar refractivity (Wildman–Crippen MR) is 105 cm³/mol. The molecule has 3 rings (SSSR count). The summed E-state index contributed by atoms with van der Waals surface area (Å²) in [5.41, 5.74) is 4.76. The average Bonchev–Trinajstić information content (AvgIpc) is 3.01. The highest BCUT2D eigenvalue weighted by atomic mass is 35.5. The first-order chi connectivity index (χ1) is 13.5. The first-order valence-electron chi connectivity index (χ1n) is 8.49. The van der Waals surface area contributed by atoms with Gasteiger partial charge >= 0.3 is 11.9 Å².